The summed E-state index contributed by atoms with van der Waals surface area (Å²) in [6.07, 6.45) is 13.6. The molecule has 27 heavy (non-hydrogen) atoms. The maximum absolute atomic E-state index is 9.38. The zero-order valence-electron chi connectivity index (χ0n) is 15.2. The molecule has 2 aliphatic rings. The summed E-state index contributed by atoms with van der Waals surface area (Å²) in [6, 6.07) is 4.39. The highest BCUT2D eigenvalue weighted by atomic mass is 15.3. The number of hydrogen-bond donors (Lipinski definition) is 2. The van der Waals surface area contributed by atoms with E-state index in [0.717, 1.165) is 22.3 Å². The quantitative estimate of drug-likeness (QED) is 0.734. The molecule has 7 heteroatoms. The number of nitrogens with one attached hydrogen (secondary N) is 1. The lowest BCUT2D eigenvalue weighted by Gasteiger charge is -2.48. The van der Waals surface area contributed by atoms with Crippen LogP contribution in [0.2, 0.25) is 0 Å². The summed E-state index contributed by atoms with van der Waals surface area (Å²) in [7, 11) is 0. The van der Waals surface area contributed by atoms with Gasteiger partial charge < -0.3 is 10.7 Å². The Labute approximate surface area is 157 Å². The van der Waals surface area contributed by atoms with Crippen molar-refractivity contribution in [1.82, 2.24) is 24.7 Å². The lowest BCUT2D eigenvalue weighted by molar-refractivity contribution is 0.0235. The summed E-state index contributed by atoms with van der Waals surface area (Å²) in [5.74, 6) is 0.960. The van der Waals surface area contributed by atoms with Gasteiger partial charge in [-0.2, -0.15) is 10.4 Å². The number of nitrogens with zero attached hydrogens (tertiary/aromatic N) is 5. The van der Waals surface area contributed by atoms with Crippen LogP contribution in [0.5, 0.6) is 0 Å². The highest BCUT2D eigenvalue weighted by molar-refractivity contribution is 5.92. The Morgan fingerprint density at radius 2 is 2.15 bits per heavy atom. The number of aromatic nitrogens is 5. The van der Waals surface area contributed by atoms with E-state index in [0.29, 0.717) is 23.6 Å². The van der Waals surface area contributed by atoms with Crippen molar-refractivity contribution >= 4 is 16.9 Å². The van der Waals surface area contributed by atoms with Crippen molar-refractivity contribution in [2.24, 2.45) is 11.3 Å². The molecule has 1 unspecified atom stereocenters. The van der Waals surface area contributed by atoms with E-state index in [1.165, 1.54) is 44.9 Å². The number of aromatic amines is 1. The molecule has 2 aliphatic carbocycles. The average molecular weight is 361 g/mol. The number of hydrogen-bond acceptors (Lipinski definition) is 5. The molecule has 3 aromatic rings. The maximum atomic E-state index is 9.38. The van der Waals surface area contributed by atoms with E-state index in [9.17, 15) is 5.26 Å². The molecule has 3 heterocycles. The molecule has 3 N–H and O–H groups in total. The summed E-state index contributed by atoms with van der Waals surface area (Å²) in [6.45, 7) is 0. The van der Waals surface area contributed by atoms with Crippen LogP contribution in [-0.4, -0.2) is 24.7 Å². The highest BCUT2D eigenvalue weighted by Gasteiger charge is 2.48. The van der Waals surface area contributed by atoms with E-state index in [4.69, 9.17) is 5.73 Å². The van der Waals surface area contributed by atoms with Crippen LogP contribution in [0.15, 0.2) is 24.8 Å². The minimum absolute atomic E-state index is 0.0841. The molecule has 5 rings (SSSR count). The van der Waals surface area contributed by atoms with Gasteiger partial charge in [0, 0.05) is 17.8 Å². The summed E-state index contributed by atoms with van der Waals surface area (Å²) >= 11 is 0. The zero-order valence-corrected chi connectivity index (χ0v) is 15.2. The van der Waals surface area contributed by atoms with E-state index < -0.39 is 0 Å². The summed E-state index contributed by atoms with van der Waals surface area (Å²) in [5, 5.41) is 14.9. The van der Waals surface area contributed by atoms with Crippen molar-refractivity contribution < 1.29 is 0 Å². The van der Waals surface area contributed by atoms with Gasteiger partial charge in [0.05, 0.1) is 29.8 Å². The van der Waals surface area contributed by atoms with E-state index in [1.807, 2.05) is 23.1 Å². The summed E-state index contributed by atoms with van der Waals surface area (Å²) < 4.78 is 1.92. The minimum Gasteiger partial charge on any atom is -0.382 e. The Hall–Kier alpha value is -2.88. The smallest absolute Gasteiger partial charge is 0.154 e. The van der Waals surface area contributed by atoms with Crippen LogP contribution in [0.4, 0.5) is 5.82 Å². The van der Waals surface area contributed by atoms with Crippen molar-refractivity contribution in [2.45, 2.75) is 51.0 Å². The fourth-order valence-corrected chi connectivity index (χ4v) is 5.27. The second-order valence-electron chi connectivity index (χ2n) is 8.18. The van der Waals surface area contributed by atoms with E-state index in [1.54, 1.807) is 0 Å². The molecular weight excluding hydrogens is 338 g/mol. The Bertz CT molecular complexity index is 1010. The van der Waals surface area contributed by atoms with Crippen molar-refractivity contribution in [3.63, 3.8) is 0 Å². The predicted molar refractivity (Wildman–Crippen MR) is 102 cm³/mol. The number of H-pyrrole nitrogens is 1. The fourth-order valence-electron chi connectivity index (χ4n) is 5.27. The van der Waals surface area contributed by atoms with Gasteiger partial charge in [-0.15, -0.1) is 0 Å². The van der Waals surface area contributed by atoms with Gasteiger partial charge >= 0.3 is 0 Å². The SMILES string of the molecule is N#CCC(C1CC2(CCCC2)C1)n1cc(-c2ncnc3[nH]ccc23)c(N)n1. The topological polar surface area (TPSA) is 109 Å². The van der Waals surface area contributed by atoms with Crippen molar-refractivity contribution in [3.05, 3.63) is 24.8 Å². The molecule has 3 aromatic heterocycles. The second-order valence-corrected chi connectivity index (χ2v) is 8.18. The Kier molecular flexibility index (Phi) is 3.67. The second kappa shape index (κ2) is 6.08. The van der Waals surface area contributed by atoms with Gasteiger partial charge in [-0.1, -0.05) is 12.8 Å². The molecule has 7 nitrogen and oxygen atoms in total. The van der Waals surface area contributed by atoms with E-state index in [-0.39, 0.29) is 6.04 Å². The number of nitrogens with two attached hydrogens (primary N) is 1. The molecule has 2 saturated carbocycles. The Balaban J connectivity index is 1.47. The molecule has 0 saturated heterocycles. The van der Waals surface area contributed by atoms with Crippen LogP contribution in [0.25, 0.3) is 22.3 Å². The average Bonchev–Trinajstić information content (AvgIpc) is 3.37. The van der Waals surface area contributed by atoms with Gasteiger partial charge in [-0.25, -0.2) is 9.97 Å². The lowest BCUT2D eigenvalue weighted by atomic mass is 9.58. The first kappa shape index (κ1) is 16.3. The number of rotatable bonds is 4. The normalized spacial score (nSPS) is 20.0. The largest absolute Gasteiger partial charge is 0.382 e. The van der Waals surface area contributed by atoms with Crippen LogP contribution >= 0.6 is 0 Å². The van der Waals surface area contributed by atoms with Crippen LogP contribution in [0, 0.1) is 22.7 Å². The van der Waals surface area contributed by atoms with Crippen molar-refractivity contribution in [1.29, 1.82) is 5.26 Å². The molecule has 138 valence electrons. The van der Waals surface area contributed by atoms with Gasteiger partial charge in [-0.05, 0) is 43.1 Å². The molecule has 1 spiro atoms. The fraction of sp³-hybridized carbons (Fsp3) is 0.500. The molecule has 0 aromatic carbocycles. The number of anilines is 1. The Morgan fingerprint density at radius 1 is 1.33 bits per heavy atom. The lowest BCUT2D eigenvalue weighted by Crippen LogP contribution is -2.39. The van der Waals surface area contributed by atoms with Crippen LogP contribution in [-0.2, 0) is 0 Å². The molecule has 0 amide bonds. The first-order chi connectivity index (χ1) is 13.2. The number of fused-ring (bicyclic) bond motifs is 1. The standard InChI is InChI=1S/C20H23N7/c21-7-3-16(13-9-20(10-13)5-1-2-6-20)27-11-15(18(22)26-27)17-14-4-8-23-19(14)25-12-24-17/h4,8,11-13,16H,1-3,5-6,9-10H2,(H2,22,26)(H,23,24,25). The third kappa shape index (κ3) is 2.59. The number of nitrogen functional groups attached to an aromatic ring is 1. The van der Waals surface area contributed by atoms with Crippen molar-refractivity contribution in [2.75, 3.05) is 5.73 Å². The first-order valence-corrected chi connectivity index (χ1v) is 9.69. The molecule has 0 radical (unpaired) electrons. The third-order valence-electron chi connectivity index (χ3n) is 6.61. The highest BCUT2D eigenvalue weighted by Crippen LogP contribution is 2.59. The molecule has 1 atom stereocenters. The van der Waals surface area contributed by atoms with E-state index in [2.05, 4.69) is 26.1 Å². The minimum atomic E-state index is 0.0841. The van der Waals surface area contributed by atoms with Gasteiger partial charge in [0.2, 0.25) is 0 Å². The molecule has 0 aliphatic heterocycles. The number of nitriles is 1. The molecule has 2 fully saturated rings. The van der Waals surface area contributed by atoms with Crippen LogP contribution in [0.3, 0.4) is 0 Å². The monoisotopic (exact) mass is 361 g/mol. The van der Waals surface area contributed by atoms with E-state index >= 15 is 0 Å². The van der Waals surface area contributed by atoms with Crippen LogP contribution < -0.4 is 5.73 Å². The van der Waals surface area contributed by atoms with Gasteiger partial charge in [0.25, 0.3) is 0 Å². The molecule has 0 bridgehead atoms. The third-order valence-corrected chi connectivity index (χ3v) is 6.61. The first-order valence-electron chi connectivity index (χ1n) is 9.69. The molecular formula is C20H23N7. The zero-order chi connectivity index (χ0) is 18.4. The van der Waals surface area contributed by atoms with Crippen LogP contribution in [0.1, 0.15) is 51.0 Å². The van der Waals surface area contributed by atoms with Gasteiger partial charge in [0.1, 0.15) is 12.0 Å². The Morgan fingerprint density at radius 3 is 2.93 bits per heavy atom. The predicted octanol–water partition coefficient (Wildman–Crippen LogP) is 3.83. The van der Waals surface area contributed by atoms with Crippen molar-refractivity contribution in [3.8, 4) is 17.3 Å². The summed E-state index contributed by atoms with van der Waals surface area (Å²) in [5.41, 5.74) is 9.17. The maximum Gasteiger partial charge on any atom is 0.154 e. The van der Waals surface area contributed by atoms with Gasteiger partial charge in [0.15, 0.2) is 5.82 Å². The van der Waals surface area contributed by atoms with Gasteiger partial charge in [-0.3, -0.25) is 4.68 Å². The summed E-state index contributed by atoms with van der Waals surface area (Å²) in [4.78, 5) is 11.8.